The number of amides is 2. The van der Waals surface area contributed by atoms with E-state index in [1.54, 1.807) is 24.0 Å². The molecule has 1 atom stereocenters. The first-order valence-electron chi connectivity index (χ1n) is 9.29. The third-order valence-corrected chi connectivity index (χ3v) is 4.80. The lowest BCUT2D eigenvalue weighted by molar-refractivity contribution is -0.139. The molecule has 160 valence electrons. The Morgan fingerprint density at radius 1 is 1.37 bits per heavy atom. The van der Waals surface area contributed by atoms with Crippen LogP contribution in [0, 0.1) is 6.92 Å². The van der Waals surface area contributed by atoms with Crippen LogP contribution in [0.15, 0.2) is 24.5 Å². The van der Waals surface area contributed by atoms with E-state index in [1.165, 1.54) is 19.3 Å². The first-order chi connectivity index (χ1) is 14.1. The molecule has 2 aromatic rings. The Morgan fingerprint density at radius 2 is 2.10 bits per heavy atom. The summed E-state index contributed by atoms with van der Waals surface area (Å²) in [6, 6.07) is 2.99. The Hall–Kier alpha value is -3.17. The average molecular weight is 422 g/mol. The van der Waals surface area contributed by atoms with E-state index in [2.05, 4.69) is 15.3 Å². The van der Waals surface area contributed by atoms with E-state index in [-0.39, 0.29) is 30.3 Å². The van der Waals surface area contributed by atoms with E-state index in [1.807, 2.05) is 6.92 Å². The number of nitrogens with zero attached hydrogens (tertiary/aromatic N) is 3. The molecule has 1 aliphatic heterocycles. The van der Waals surface area contributed by atoms with Crippen molar-refractivity contribution in [2.24, 2.45) is 0 Å². The van der Waals surface area contributed by atoms with E-state index in [0.29, 0.717) is 28.1 Å². The molecule has 0 spiro atoms. The van der Waals surface area contributed by atoms with Crippen LogP contribution in [-0.2, 0) is 11.3 Å². The molecular formula is C20H21F3N4O3. The molecule has 3 heterocycles. The monoisotopic (exact) mass is 422 g/mol. The molecule has 0 fully saturated rings. The summed E-state index contributed by atoms with van der Waals surface area (Å²) in [5.41, 5.74) is 2.40. The van der Waals surface area contributed by atoms with Gasteiger partial charge in [0.15, 0.2) is 0 Å². The fourth-order valence-corrected chi connectivity index (χ4v) is 3.24. The van der Waals surface area contributed by atoms with Crippen LogP contribution in [0.4, 0.5) is 19.0 Å². The molecule has 0 saturated carbocycles. The third-order valence-electron chi connectivity index (χ3n) is 4.80. The van der Waals surface area contributed by atoms with E-state index in [0.717, 1.165) is 0 Å². The zero-order valence-corrected chi connectivity index (χ0v) is 16.7. The lowest BCUT2D eigenvalue weighted by Crippen LogP contribution is -2.27. The number of carbonyl (C=O) groups excluding carboxylic acids is 2. The van der Waals surface area contributed by atoms with E-state index >= 15 is 0 Å². The summed E-state index contributed by atoms with van der Waals surface area (Å²) >= 11 is 0. The number of fused-ring (bicyclic) bond motifs is 1. The standard InChI is InChI=1S/C20H21F3N4O3/c1-11-8-14(9-25-18(11)30-7-5-20(21,22)23)12(2)27-10-16-15(19(27)29)4-6-24-17(16)26-13(3)28/h4,6,8-9,12H,5,7,10H2,1-3H3,(H,24,26,28). The maximum Gasteiger partial charge on any atom is 0.392 e. The second-order valence-corrected chi connectivity index (χ2v) is 7.08. The minimum atomic E-state index is -4.29. The van der Waals surface area contributed by atoms with Gasteiger partial charge in [-0.3, -0.25) is 9.59 Å². The zero-order chi connectivity index (χ0) is 22.1. The molecule has 0 aliphatic carbocycles. The molecule has 3 rings (SSSR count). The van der Waals surface area contributed by atoms with Crippen molar-refractivity contribution >= 4 is 17.6 Å². The fraction of sp³-hybridized carbons (Fsp3) is 0.400. The number of aromatic nitrogens is 2. The predicted molar refractivity (Wildman–Crippen MR) is 102 cm³/mol. The normalized spacial score (nSPS) is 14.5. The van der Waals surface area contributed by atoms with E-state index in [4.69, 9.17) is 4.74 Å². The molecule has 0 saturated heterocycles. The number of ether oxygens (including phenoxy) is 1. The van der Waals surface area contributed by atoms with Gasteiger partial charge in [0.1, 0.15) is 5.82 Å². The Bertz CT molecular complexity index is 978. The van der Waals surface area contributed by atoms with Crippen molar-refractivity contribution in [3.63, 3.8) is 0 Å². The Balaban J connectivity index is 1.75. The van der Waals surface area contributed by atoms with Gasteiger partial charge in [-0.25, -0.2) is 9.97 Å². The molecule has 0 radical (unpaired) electrons. The maximum atomic E-state index is 12.9. The van der Waals surface area contributed by atoms with Crippen LogP contribution in [0.25, 0.3) is 0 Å². The number of hydrogen-bond acceptors (Lipinski definition) is 5. The van der Waals surface area contributed by atoms with Gasteiger partial charge in [-0.15, -0.1) is 0 Å². The minimum Gasteiger partial charge on any atom is -0.477 e. The van der Waals surface area contributed by atoms with Crippen molar-refractivity contribution < 1.29 is 27.5 Å². The Labute approximate surface area is 171 Å². The van der Waals surface area contributed by atoms with Gasteiger partial charge in [0.2, 0.25) is 11.8 Å². The molecule has 10 heteroatoms. The molecule has 7 nitrogen and oxygen atoms in total. The number of aryl methyl sites for hydroxylation is 1. The molecule has 30 heavy (non-hydrogen) atoms. The molecule has 1 N–H and O–H groups in total. The molecule has 2 amide bonds. The van der Waals surface area contributed by atoms with Gasteiger partial charge >= 0.3 is 6.18 Å². The number of alkyl halides is 3. The number of carbonyl (C=O) groups is 2. The van der Waals surface area contributed by atoms with Crippen molar-refractivity contribution in [3.05, 3.63) is 46.8 Å². The van der Waals surface area contributed by atoms with Crippen LogP contribution in [0.2, 0.25) is 0 Å². The predicted octanol–water partition coefficient (Wildman–Crippen LogP) is 3.79. The van der Waals surface area contributed by atoms with Crippen LogP contribution in [-0.4, -0.2) is 39.5 Å². The van der Waals surface area contributed by atoms with Crippen molar-refractivity contribution in [2.75, 3.05) is 11.9 Å². The highest BCUT2D eigenvalue weighted by atomic mass is 19.4. The summed E-state index contributed by atoms with van der Waals surface area (Å²) < 4.78 is 42.0. The number of anilines is 1. The van der Waals surface area contributed by atoms with Crippen molar-refractivity contribution in [1.29, 1.82) is 0 Å². The number of hydrogen-bond donors (Lipinski definition) is 1. The zero-order valence-electron chi connectivity index (χ0n) is 16.7. The highest BCUT2D eigenvalue weighted by Crippen LogP contribution is 2.34. The molecule has 2 aromatic heterocycles. The first kappa shape index (κ1) is 21.5. The van der Waals surface area contributed by atoms with Crippen molar-refractivity contribution in [2.45, 2.75) is 46.0 Å². The summed E-state index contributed by atoms with van der Waals surface area (Å²) in [6.45, 7) is 4.64. The highest BCUT2D eigenvalue weighted by molar-refractivity contribution is 6.01. The summed E-state index contributed by atoms with van der Waals surface area (Å²) in [6.07, 6.45) is -2.39. The minimum absolute atomic E-state index is 0.128. The summed E-state index contributed by atoms with van der Waals surface area (Å²) in [5.74, 6) is -0.000380. The lowest BCUT2D eigenvalue weighted by atomic mass is 10.1. The van der Waals surface area contributed by atoms with Crippen molar-refractivity contribution in [3.8, 4) is 5.88 Å². The maximum absolute atomic E-state index is 12.9. The van der Waals surface area contributed by atoms with Crippen LogP contribution < -0.4 is 10.1 Å². The summed E-state index contributed by atoms with van der Waals surface area (Å²) in [5, 5.41) is 2.63. The third kappa shape index (κ3) is 4.69. The van der Waals surface area contributed by atoms with Gasteiger partial charge in [0, 0.05) is 36.0 Å². The fourth-order valence-electron chi connectivity index (χ4n) is 3.24. The van der Waals surface area contributed by atoms with Gasteiger partial charge in [0.05, 0.1) is 25.6 Å². The summed E-state index contributed by atoms with van der Waals surface area (Å²) in [4.78, 5) is 34.2. The van der Waals surface area contributed by atoms with Crippen LogP contribution in [0.1, 0.15) is 53.4 Å². The molecule has 0 bridgehead atoms. The molecule has 0 aromatic carbocycles. The van der Waals surface area contributed by atoms with Gasteiger partial charge in [-0.2, -0.15) is 13.2 Å². The second-order valence-electron chi connectivity index (χ2n) is 7.08. The lowest BCUT2D eigenvalue weighted by Gasteiger charge is -2.25. The average Bonchev–Trinajstić information content (AvgIpc) is 2.99. The van der Waals surface area contributed by atoms with Crippen molar-refractivity contribution in [1.82, 2.24) is 14.9 Å². The number of rotatable bonds is 6. The summed E-state index contributed by atoms with van der Waals surface area (Å²) in [7, 11) is 0. The SMILES string of the molecule is CC(=O)Nc1nccc2c1CN(C(C)c1cnc(OCCC(F)(F)F)c(C)c1)C2=O. The van der Waals surface area contributed by atoms with Crippen LogP contribution >= 0.6 is 0 Å². The quantitative estimate of drug-likeness (QED) is 0.766. The van der Waals surface area contributed by atoms with Crippen LogP contribution in [0.5, 0.6) is 5.88 Å². The van der Waals surface area contributed by atoms with Crippen LogP contribution in [0.3, 0.4) is 0 Å². The van der Waals surface area contributed by atoms with Gasteiger partial charge in [-0.05, 0) is 31.5 Å². The van der Waals surface area contributed by atoms with Gasteiger partial charge in [0.25, 0.3) is 5.91 Å². The Morgan fingerprint density at radius 3 is 2.73 bits per heavy atom. The molecular weight excluding hydrogens is 401 g/mol. The van der Waals surface area contributed by atoms with E-state index in [9.17, 15) is 22.8 Å². The highest BCUT2D eigenvalue weighted by Gasteiger charge is 2.34. The first-order valence-corrected chi connectivity index (χ1v) is 9.29. The smallest absolute Gasteiger partial charge is 0.392 e. The van der Waals surface area contributed by atoms with Gasteiger partial charge in [-0.1, -0.05) is 0 Å². The van der Waals surface area contributed by atoms with Gasteiger partial charge < -0.3 is 15.0 Å². The largest absolute Gasteiger partial charge is 0.477 e. The second kappa shape index (κ2) is 8.29. The number of nitrogens with one attached hydrogen (secondary N) is 1. The number of halogens is 3. The van der Waals surface area contributed by atoms with E-state index < -0.39 is 19.2 Å². The topological polar surface area (TPSA) is 84.4 Å². The molecule has 1 unspecified atom stereocenters. The Kier molecular flexibility index (Phi) is 5.95. The molecule has 1 aliphatic rings. The number of pyridine rings is 2.